The number of halogens is 1. The minimum absolute atomic E-state index is 0.317. The fourth-order valence-electron chi connectivity index (χ4n) is 1.80. The molecule has 0 amide bonds. The molecule has 1 unspecified atom stereocenters. The Hall–Kier alpha value is -0.260. The summed E-state index contributed by atoms with van der Waals surface area (Å²) in [5.74, 6) is 0. The molecule has 0 bridgehead atoms. The molecule has 0 N–H and O–H groups in total. The van der Waals surface area contributed by atoms with E-state index in [-0.39, 0.29) is 0 Å². The number of hydrogen-bond acceptors (Lipinski definition) is 2. The van der Waals surface area contributed by atoms with Crippen LogP contribution in [0.2, 0.25) is 0 Å². The minimum Gasteiger partial charge on any atom is -0.376 e. The van der Waals surface area contributed by atoms with Gasteiger partial charge in [0.05, 0.1) is 18.8 Å². The van der Waals surface area contributed by atoms with Crippen molar-refractivity contribution < 1.29 is 4.74 Å². The maximum atomic E-state index is 8.49. The Kier molecular flexibility index (Phi) is 4.22. The zero-order valence-electron chi connectivity index (χ0n) is 8.92. The molecule has 1 aliphatic carbocycles. The molecule has 0 aromatic carbocycles. The van der Waals surface area contributed by atoms with Gasteiger partial charge in [-0.25, -0.2) is 0 Å². The van der Waals surface area contributed by atoms with Crippen LogP contribution in [0.4, 0.5) is 0 Å². The van der Waals surface area contributed by atoms with Crippen molar-refractivity contribution in [2.45, 2.75) is 51.0 Å². The van der Waals surface area contributed by atoms with E-state index in [4.69, 9.17) is 21.6 Å². The molecular weight excluding hydrogens is 198 g/mol. The predicted molar refractivity (Wildman–Crippen MR) is 57.2 cm³/mol. The summed E-state index contributed by atoms with van der Waals surface area (Å²) in [6.45, 7) is 4.95. The molecule has 0 aromatic rings. The van der Waals surface area contributed by atoms with E-state index in [0.29, 0.717) is 18.1 Å². The topological polar surface area (TPSA) is 33.0 Å². The summed E-state index contributed by atoms with van der Waals surface area (Å²) in [6.07, 6.45) is 4.93. The predicted octanol–water partition coefficient (Wildman–Crippen LogP) is 3.10. The van der Waals surface area contributed by atoms with Crippen molar-refractivity contribution in [3.05, 3.63) is 0 Å². The molecule has 0 spiro atoms. The van der Waals surface area contributed by atoms with Gasteiger partial charge in [-0.15, -0.1) is 11.6 Å². The van der Waals surface area contributed by atoms with E-state index in [1.807, 2.05) is 6.07 Å². The van der Waals surface area contributed by atoms with Gasteiger partial charge in [-0.1, -0.05) is 13.8 Å². The van der Waals surface area contributed by atoms with Crippen molar-refractivity contribution in [2.75, 3.05) is 6.61 Å². The van der Waals surface area contributed by atoms with E-state index in [0.717, 1.165) is 12.8 Å². The van der Waals surface area contributed by atoms with Gasteiger partial charge in [0.15, 0.2) is 0 Å². The van der Waals surface area contributed by atoms with Gasteiger partial charge in [0, 0.05) is 0 Å². The number of rotatable bonds is 3. The molecule has 1 fully saturated rings. The zero-order valence-corrected chi connectivity index (χ0v) is 9.68. The Morgan fingerprint density at radius 2 is 2.07 bits per heavy atom. The first-order chi connectivity index (χ1) is 6.53. The monoisotopic (exact) mass is 215 g/mol. The van der Waals surface area contributed by atoms with E-state index >= 15 is 0 Å². The number of hydrogen-bond donors (Lipinski definition) is 0. The Morgan fingerprint density at radius 1 is 1.50 bits per heavy atom. The summed E-state index contributed by atoms with van der Waals surface area (Å²) >= 11 is 5.65. The van der Waals surface area contributed by atoms with Gasteiger partial charge < -0.3 is 4.74 Å². The second-order valence-corrected chi connectivity index (χ2v) is 5.32. The molecule has 1 aliphatic rings. The van der Waals surface area contributed by atoms with Crippen molar-refractivity contribution in [3.8, 4) is 6.07 Å². The van der Waals surface area contributed by atoms with Crippen LogP contribution in [0.25, 0.3) is 0 Å². The molecule has 80 valence electrons. The van der Waals surface area contributed by atoms with Crippen LogP contribution in [0.5, 0.6) is 0 Å². The highest BCUT2D eigenvalue weighted by molar-refractivity contribution is 6.22. The largest absolute Gasteiger partial charge is 0.376 e. The molecule has 0 aromatic heterocycles. The molecule has 0 saturated heterocycles. The van der Waals surface area contributed by atoms with E-state index in [1.54, 1.807) is 0 Å². The Balaban J connectivity index is 2.20. The fourth-order valence-corrected chi connectivity index (χ4v) is 1.87. The van der Waals surface area contributed by atoms with Gasteiger partial charge in [0.2, 0.25) is 0 Å². The lowest BCUT2D eigenvalue weighted by atomic mass is 9.76. The van der Waals surface area contributed by atoms with Crippen LogP contribution >= 0.6 is 11.6 Å². The van der Waals surface area contributed by atoms with Crippen molar-refractivity contribution in [2.24, 2.45) is 5.41 Å². The number of ether oxygens (including phenoxy) is 1. The summed E-state index contributed by atoms with van der Waals surface area (Å²) in [5.41, 5.74) is 0.468. The molecule has 0 aliphatic heterocycles. The molecule has 0 heterocycles. The third kappa shape index (κ3) is 3.86. The molecule has 14 heavy (non-hydrogen) atoms. The van der Waals surface area contributed by atoms with Crippen LogP contribution in [0.15, 0.2) is 0 Å². The summed E-state index contributed by atoms with van der Waals surface area (Å²) in [4.78, 5) is 0. The molecule has 1 atom stereocenters. The number of alkyl halides is 1. The maximum absolute atomic E-state index is 8.49. The van der Waals surface area contributed by atoms with Gasteiger partial charge in [0.1, 0.15) is 5.38 Å². The molecule has 1 rings (SSSR count). The molecule has 1 saturated carbocycles. The smallest absolute Gasteiger partial charge is 0.143 e. The average Bonchev–Trinajstić information content (AvgIpc) is 2.16. The second-order valence-electron chi connectivity index (χ2n) is 4.79. The Labute approximate surface area is 91.2 Å². The Bertz CT molecular complexity index is 212. The minimum atomic E-state index is -0.495. The third-order valence-electron chi connectivity index (χ3n) is 2.90. The summed E-state index contributed by atoms with van der Waals surface area (Å²) in [6, 6.07) is 1.96. The second kappa shape index (κ2) is 5.00. The van der Waals surface area contributed by atoms with Gasteiger partial charge in [0.25, 0.3) is 0 Å². The fraction of sp³-hybridized carbons (Fsp3) is 0.909. The quantitative estimate of drug-likeness (QED) is 0.678. The Morgan fingerprint density at radius 3 is 2.57 bits per heavy atom. The molecule has 0 radical (unpaired) electrons. The highest BCUT2D eigenvalue weighted by Gasteiger charge is 2.27. The van der Waals surface area contributed by atoms with E-state index < -0.39 is 5.38 Å². The van der Waals surface area contributed by atoms with Crippen molar-refractivity contribution in [3.63, 3.8) is 0 Å². The number of nitrogens with zero attached hydrogens (tertiary/aromatic N) is 1. The van der Waals surface area contributed by atoms with Crippen LogP contribution in [0.1, 0.15) is 39.5 Å². The first kappa shape index (κ1) is 11.8. The zero-order chi connectivity index (χ0) is 10.6. The van der Waals surface area contributed by atoms with Gasteiger partial charge >= 0.3 is 0 Å². The summed E-state index contributed by atoms with van der Waals surface area (Å²) in [7, 11) is 0. The summed E-state index contributed by atoms with van der Waals surface area (Å²) in [5, 5.41) is 7.99. The van der Waals surface area contributed by atoms with Crippen LogP contribution in [0, 0.1) is 16.7 Å². The highest BCUT2D eigenvalue weighted by atomic mass is 35.5. The lowest BCUT2D eigenvalue weighted by Crippen LogP contribution is -2.27. The standard InChI is InChI=1S/C11H18ClNO/c1-11(2)5-3-10(4-6-11)14-8-9(12)7-13/h9-10H,3-6,8H2,1-2H3. The van der Waals surface area contributed by atoms with Gasteiger partial charge in [-0.2, -0.15) is 5.26 Å². The lowest BCUT2D eigenvalue weighted by Gasteiger charge is -2.34. The molecule has 3 heteroatoms. The number of nitriles is 1. The third-order valence-corrected chi connectivity index (χ3v) is 3.13. The van der Waals surface area contributed by atoms with Crippen molar-refractivity contribution in [1.29, 1.82) is 5.26 Å². The first-order valence-corrected chi connectivity index (χ1v) is 5.62. The highest BCUT2D eigenvalue weighted by Crippen LogP contribution is 2.36. The van der Waals surface area contributed by atoms with E-state index in [9.17, 15) is 0 Å². The van der Waals surface area contributed by atoms with Crippen LogP contribution in [-0.4, -0.2) is 18.1 Å². The van der Waals surface area contributed by atoms with Crippen LogP contribution in [-0.2, 0) is 4.74 Å². The SMILES string of the molecule is CC1(C)CCC(OCC(Cl)C#N)CC1. The van der Waals surface area contributed by atoms with Crippen LogP contribution < -0.4 is 0 Å². The first-order valence-electron chi connectivity index (χ1n) is 5.19. The summed E-state index contributed by atoms with van der Waals surface area (Å²) < 4.78 is 5.57. The van der Waals surface area contributed by atoms with Crippen molar-refractivity contribution >= 4 is 11.6 Å². The molecule has 2 nitrogen and oxygen atoms in total. The average molecular weight is 216 g/mol. The van der Waals surface area contributed by atoms with E-state index in [1.165, 1.54) is 12.8 Å². The van der Waals surface area contributed by atoms with Crippen LogP contribution in [0.3, 0.4) is 0 Å². The lowest BCUT2D eigenvalue weighted by molar-refractivity contribution is 0.00800. The van der Waals surface area contributed by atoms with Crippen molar-refractivity contribution in [1.82, 2.24) is 0 Å². The van der Waals surface area contributed by atoms with Gasteiger partial charge in [-0.3, -0.25) is 0 Å². The maximum Gasteiger partial charge on any atom is 0.143 e. The normalized spacial score (nSPS) is 24.1. The molecular formula is C11H18ClNO. The van der Waals surface area contributed by atoms with Gasteiger partial charge in [-0.05, 0) is 31.1 Å². The van der Waals surface area contributed by atoms with E-state index in [2.05, 4.69) is 13.8 Å².